The molecule has 1 aliphatic heterocycles. The summed E-state index contributed by atoms with van der Waals surface area (Å²) in [5.74, 6) is 1.38. The van der Waals surface area contributed by atoms with Crippen LogP contribution in [0.3, 0.4) is 0 Å². The summed E-state index contributed by atoms with van der Waals surface area (Å²) in [6.45, 7) is 3.72. The largest absolute Gasteiger partial charge is 0.497 e. The van der Waals surface area contributed by atoms with E-state index in [-0.39, 0.29) is 5.91 Å². The van der Waals surface area contributed by atoms with Gasteiger partial charge in [0.2, 0.25) is 5.91 Å². The topological polar surface area (TPSA) is 72.3 Å². The first-order valence-electron chi connectivity index (χ1n) is 8.67. The molecule has 134 valence electrons. The van der Waals surface area contributed by atoms with Gasteiger partial charge in [-0.25, -0.2) is 4.98 Å². The highest BCUT2D eigenvalue weighted by Crippen LogP contribution is 2.17. The van der Waals surface area contributed by atoms with Gasteiger partial charge in [-0.1, -0.05) is 12.1 Å². The number of hydrogen-bond donors (Lipinski definition) is 1. The van der Waals surface area contributed by atoms with E-state index in [1.807, 2.05) is 28.9 Å². The molecule has 2 aromatic rings. The van der Waals surface area contributed by atoms with Crippen molar-refractivity contribution < 1.29 is 9.53 Å². The first kappa shape index (κ1) is 17.4. The number of nitrogens with zero attached hydrogens (tertiary/aromatic N) is 4. The molecule has 1 saturated heterocycles. The Balaban J connectivity index is 1.43. The minimum atomic E-state index is 0.0595. The van der Waals surface area contributed by atoms with Crippen LogP contribution < -0.4 is 10.1 Å². The average Bonchev–Trinajstić information content (AvgIpc) is 3.13. The van der Waals surface area contributed by atoms with Gasteiger partial charge in [0.15, 0.2) is 0 Å². The molecule has 7 nitrogen and oxygen atoms in total. The van der Waals surface area contributed by atoms with Crippen LogP contribution in [0.5, 0.6) is 5.75 Å². The van der Waals surface area contributed by atoms with E-state index in [1.165, 1.54) is 6.42 Å². The van der Waals surface area contributed by atoms with Crippen LogP contribution in [-0.4, -0.2) is 52.3 Å². The molecule has 1 amide bonds. The van der Waals surface area contributed by atoms with Crippen molar-refractivity contribution in [1.29, 1.82) is 0 Å². The van der Waals surface area contributed by atoms with Gasteiger partial charge < -0.3 is 10.1 Å². The Morgan fingerprint density at radius 2 is 2.36 bits per heavy atom. The van der Waals surface area contributed by atoms with Gasteiger partial charge in [0, 0.05) is 19.6 Å². The van der Waals surface area contributed by atoms with Crippen LogP contribution in [-0.2, 0) is 17.9 Å². The summed E-state index contributed by atoms with van der Waals surface area (Å²) in [6, 6.07) is 7.75. The maximum Gasteiger partial charge on any atom is 0.234 e. The Morgan fingerprint density at radius 1 is 1.44 bits per heavy atom. The van der Waals surface area contributed by atoms with E-state index in [0.29, 0.717) is 19.0 Å². The van der Waals surface area contributed by atoms with E-state index in [2.05, 4.69) is 20.3 Å². The van der Waals surface area contributed by atoms with Crippen LogP contribution in [0.4, 0.5) is 0 Å². The number of carbonyl (C=O) groups is 1. The summed E-state index contributed by atoms with van der Waals surface area (Å²) >= 11 is 0. The number of methoxy groups -OCH3 is 1. The van der Waals surface area contributed by atoms with E-state index in [9.17, 15) is 4.79 Å². The lowest BCUT2D eigenvalue weighted by Crippen LogP contribution is -2.43. The second kappa shape index (κ2) is 8.62. The molecule has 1 N–H and O–H groups in total. The maximum atomic E-state index is 12.3. The lowest BCUT2D eigenvalue weighted by Gasteiger charge is -2.32. The van der Waals surface area contributed by atoms with Crippen molar-refractivity contribution in [3.8, 4) is 5.75 Å². The standard InChI is InChI=1S/C18H25N5O2/c1-25-17-6-2-4-15(8-17)9-20-18(24)12-22-7-3-5-16(10-22)11-23-14-19-13-21-23/h2,4,6,8,13-14,16H,3,5,7,9-12H2,1H3,(H,20,24)/t16-/m1/s1. The minimum Gasteiger partial charge on any atom is -0.497 e. The fourth-order valence-corrected chi connectivity index (χ4v) is 3.28. The number of nitrogens with one attached hydrogen (secondary N) is 1. The van der Waals surface area contributed by atoms with Crippen LogP contribution in [0.25, 0.3) is 0 Å². The highest BCUT2D eigenvalue weighted by molar-refractivity contribution is 5.78. The Bertz CT molecular complexity index is 674. The molecule has 1 aromatic carbocycles. The molecular weight excluding hydrogens is 318 g/mol. The fraction of sp³-hybridized carbons (Fsp3) is 0.500. The number of carbonyl (C=O) groups excluding carboxylic acids is 1. The molecule has 0 aliphatic carbocycles. The van der Waals surface area contributed by atoms with Gasteiger partial charge in [0.05, 0.1) is 13.7 Å². The van der Waals surface area contributed by atoms with Gasteiger partial charge in [-0.3, -0.25) is 14.4 Å². The van der Waals surface area contributed by atoms with Gasteiger partial charge in [-0.15, -0.1) is 0 Å². The van der Waals surface area contributed by atoms with Gasteiger partial charge in [-0.2, -0.15) is 5.10 Å². The zero-order valence-corrected chi connectivity index (χ0v) is 14.6. The van der Waals surface area contributed by atoms with Crippen LogP contribution in [0.15, 0.2) is 36.9 Å². The van der Waals surface area contributed by atoms with Crippen LogP contribution in [0.1, 0.15) is 18.4 Å². The molecule has 0 radical (unpaired) electrons. The Morgan fingerprint density at radius 3 is 3.16 bits per heavy atom. The summed E-state index contributed by atoms with van der Waals surface area (Å²) < 4.78 is 7.08. The first-order chi connectivity index (χ1) is 12.2. The van der Waals surface area contributed by atoms with Crippen molar-refractivity contribution in [2.24, 2.45) is 5.92 Å². The third-order valence-corrected chi connectivity index (χ3v) is 4.51. The van der Waals surface area contributed by atoms with Crippen molar-refractivity contribution in [3.63, 3.8) is 0 Å². The highest BCUT2D eigenvalue weighted by atomic mass is 16.5. The molecule has 25 heavy (non-hydrogen) atoms. The third-order valence-electron chi connectivity index (χ3n) is 4.51. The number of aromatic nitrogens is 3. The lowest BCUT2D eigenvalue weighted by atomic mass is 9.98. The maximum absolute atomic E-state index is 12.3. The summed E-state index contributed by atoms with van der Waals surface area (Å²) in [4.78, 5) is 18.5. The summed E-state index contributed by atoms with van der Waals surface area (Å²) in [6.07, 6.45) is 5.59. The van der Waals surface area contributed by atoms with Crippen LogP contribution in [0, 0.1) is 5.92 Å². The average molecular weight is 343 g/mol. The van der Waals surface area contributed by atoms with Gasteiger partial charge >= 0.3 is 0 Å². The molecular formula is C18H25N5O2. The Kier molecular flexibility index (Phi) is 6.00. The van der Waals surface area contributed by atoms with E-state index >= 15 is 0 Å². The fourth-order valence-electron chi connectivity index (χ4n) is 3.28. The number of likely N-dealkylation sites (tertiary alicyclic amines) is 1. The summed E-state index contributed by atoms with van der Waals surface area (Å²) in [7, 11) is 1.64. The normalized spacial score (nSPS) is 18.0. The predicted molar refractivity (Wildman–Crippen MR) is 94.0 cm³/mol. The third kappa shape index (κ3) is 5.29. The predicted octanol–water partition coefficient (Wildman–Crippen LogP) is 1.32. The molecule has 0 spiro atoms. The number of piperidine rings is 1. The number of amides is 1. The van der Waals surface area contributed by atoms with E-state index in [4.69, 9.17) is 4.74 Å². The SMILES string of the molecule is COc1cccc(CNC(=O)CN2CCC[C@@H](Cn3cncn3)C2)c1. The molecule has 1 fully saturated rings. The first-order valence-corrected chi connectivity index (χ1v) is 8.67. The molecule has 1 atom stereocenters. The molecule has 3 rings (SSSR count). The van der Waals surface area contributed by atoms with Gasteiger partial charge in [0.1, 0.15) is 18.4 Å². The second-order valence-corrected chi connectivity index (χ2v) is 6.49. The molecule has 0 saturated carbocycles. The molecule has 0 unspecified atom stereocenters. The van der Waals surface area contributed by atoms with Crippen molar-refractivity contribution in [1.82, 2.24) is 25.0 Å². The number of benzene rings is 1. The van der Waals surface area contributed by atoms with Crippen LogP contribution in [0.2, 0.25) is 0 Å². The van der Waals surface area contributed by atoms with Gasteiger partial charge in [0.25, 0.3) is 0 Å². The van der Waals surface area contributed by atoms with Crippen LogP contribution >= 0.6 is 0 Å². The number of hydrogen-bond acceptors (Lipinski definition) is 5. The molecule has 1 aliphatic rings. The number of rotatable bonds is 7. The van der Waals surface area contributed by atoms with Crippen molar-refractivity contribution in [3.05, 3.63) is 42.5 Å². The Hall–Kier alpha value is -2.41. The minimum absolute atomic E-state index is 0.0595. The molecule has 0 bridgehead atoms. The van der Waals surface area contributed by atoms with Crippen molar-refractivity contribution in [2.75, 3.05) is 26.7 Å². The smallest absolute Gasteiger partial charge is 0.234 e. The summed E-state index contributed by atoms with van der Waals surface area (Å²) in [5.41, 5.74) is 1.04. The van der Waals surface area contributed by atoms with Gasteiger partial charge in [-0.05, 0) is 43.0 Å². The quantitative estimate of drug-likeness (QED) is 0.821. The Labute approximate surface area is 148 Å². The molecule has 1 aromatic heterocycles. The van der Waals surface area contributed by atoms with E-state index in [1.54, 1.807) is 19.8 Å². The monoisotopic (exact) mass is 343 g/mol. The van der Waals surface area contributed by atoms with E-state index < -0.39 is 0 Å². The lowest BCUT2D eigenvalue weighted by molar-refractivity contribution is -0.122. The number of ether oxygens (including phenoxy) is 1. The summed E-state index contributed by atoms with van der Waals surface area (Å²) in [5, 5.41) is 7.17. The molecule has 7 heteroatoms. The van der Waals surface area contributed by atoms with E-state index in [0.717, 1.165) is 37.4 Å². The zero-order chi connectivity index (χ0) is 17.5. The highest BCUT2D eigenvalue weighted by Gasteiger charge is 2.22. The molecule has 2 heterocycles. The second-order valence-electron chi connectivity index (χ2n) is 6.49. The zero-order valence-electron chi connectivity index (χ0n) is 14.6. The van der Waals surface area contributed by atoms with Crippen molar-refractivity contribution in [2.45, 2.75) is 25.9 Å². The van der Waals surface area contributed by atoms with Crippen molar-refractivity contribution >= 4 is 5.91 Å².